The number of nitrogens with one attached hydrogen (secondary N) is 1. The van der Waals surface area contributed by atoms with Crippen LogP contribution < -0.4 is 9.46 Å². The summed E-state index contributed by atoms with van der Waals surface area (Å²) in [7, 11) is -2.62. The highest BCUT2D eigenvalue weighted by Crippen LogP contribution is 2.29. The summed E-state index contributed by atoms with van der Waals surface area (Å²) in [6, 6.07) is 2.09. The molecule has 0 heterocycles. The lowest BCUT2D eigenvalue weighted by Gasteiger charge is -2.27. The predicted molar refractivity (Wildman–Crippen MR) is 81.4 cm³/mol. The van der Waals surface area contributed by atoms with Gasteiger partial charge in [-0.25, -0.2) is 17.5 Å². The second-order valence-corrected chi connectivity index (χ2v) is 7.41. The van der Waals surface area contributed by atoms with Crippen molar-refractivity contribution in [2.24, 2.45) is 5.92 Å². The van der Waals surface area contributed by atoms with E-state index in [2.05, 4.69) is 4.72 Å². The van der Waals surface area contributed by atoms with E-state index in [1.807, 2.05) is 0 Å². The van der Waals surface area contributed by atoms with Crippen LogP contribution in [0.3, 0.4) is 0 Å². The third kappa shape index (κ3) is 3.81. The number of rotatable bonds is 5. The Balaban J connectivity index is 2.22. The topological polar surface area (TPSA) is 92.7 Å². The zero-order valence-electron chi connectivity index (χ0n) is 13.0. The fraction of sp³-hybridized carbons (Fsp3) is 0.533. The number of halogens is 1. The van der Waals surface area contributed by atoms with E-state index in [0.717, 1.165) is 0 Å². The van der Waals surface area contributed by atoms with Crippen LogP contribution in [0.1, 0.15) is 31.2 Å². The first-order valence-corrected chi connectivity index (χ1v) is 8.82. The summed E-state index contributed by atoms with van der Waals surface area (Å²) in [5.41, 5.74) is -0.0255. The van der Waals surface area contributed by atoms with Crippen molar-refractivity contribution in [2.75, 3.05) is 7.11 Å². The van der Waals surface area contributed by atoms with Gasteiger partial charge in [0.25, 0.3) is 0 Å². The lowest BCUT2D eigenvalue weighted by atomic mass is 9.86. The molecule has 128 valence electrons. The number of carboxylic acids is 1. The molecule has 2 N–H and O–H groups in total. The van der Waals surface area contributed by atoms with Crippen LogP contribution in [0, 0.1) is 18.7 Å². The Labute approximate surface area is 134 Å². The van der Waals surface area contributed by atoms with Gasteiger partial charge in [0.1, 0.15) is 0 Å². The maximum Gasteiger partial charge on any atom is 0.306 e. The minimum absolute atomic E-state index is 0.0231. The molecule has 0 unspecified atom stereocenters. The summed E-state index contributed by atoms with van der Waals surface area (Å²) in [4.78, 5) is 10.9. The standard InChI is InChI=1S/C15H20FNO5S/c1-9-13(7-6-12(22-2)14(9)16)23(20,21)17-11-5-3-4-10(8-11)15(18)19/h6-7,10-11,17H,3-5,8H2,1-2H3,(H,18,19)/t10-,11+/m0/s1. The van der Waals surface area contributed by atoms with Crippen LogP contribution in [0.4, 0.5) is 4.39 Å². The van der Waals surface area contributed by atoms with Crippen LogP contribution in [-0.2, 0) is 14.8 Å². The van der Waals surface area contributed by atoms with Crippen molar-refractivity contribution >= 4 is 16.0 Å². The molecular weight excluding hydrogens is 325 g/mol. The lowest BCUT2D eigenvalue weighted by molar-refractivity contribution is -0.143. The molecular formula is C15H20FNO5S. The van der Waals surface area contributed by atoms with Gasteiger partial charge in [-0.3, -0.25) is 4.79 Å². The molecule has 2 atom stereocenters. The smallest absolute Gasteiger partial charge is 0.306 e. The fourth-order valence-corrected chi connectivity index (χ4v) is 4.42. The second-order valence-electron chi connectivity index (χ2n) is 5.72. The number of benzene rings is 1. The average molecular weight is 345 g/mol. The van der Waals surface area contributed by atoms with Crippen molar-refractivity contribution in [3.05, 3.63) is 23.5 Å². The Morgan fingerprint density at radius 3 is 2.70 bits per heavy atom. The molecule has 1 aliphatic carbocycles. The van der Waals surface area contributed by atoms with E-state index in [0.29, 0.717) is 19.3 Å². The molecule has 0 radical (unpaired) electrons. The molecule has 1 fully saturated rings. The SMILES string of the molecule is COc1ccc(S(=O)(=O)N[C@@H]2CCC[C@H](C(=O)O)C2)c(C)c1F. The molecule has 1 aromatic rings. The largest absolute Gasteiger partial charge is 0.494 e. The molecule has 0 saturated heterocycles. The molecule has 0 amide bonds. The highest BCUT2D eigenvalue weighted by atomic mass is 32.2. The summed E-state index contributed by atoms with van der Waals surface area (Å²) in [6.07, 6.45) is 2.00. The van der Waals surface area contributed by atoms with E-state index in [9.17, 15) is 17.6 Å². The molecule has 0 aromatic heterocycles. The molecule has 0 bridgehead atoms. The number of sulfonamides is 1. The van der Waals surface area contributed by atoms with Gasteiger partial charge in [-0.15, -0.1) is 0 Å². The summed E-state index contributed by atoms with van der Waals surface area (Å²) in [5, 5.41) is 9.07. The number of carbonyl (C=O) groups is 1. The molecule has 2 rings (SSSR count). The van der Waals surface area contributed by atoms with E-state index in [1.165, 1.54) is 26.2 Å². The molecule has 1 aliphatic rings. The Bertz CT molecular complexity index is 704. The quantitative estimate of drug-likeness (QED) is 0.852. The highest BCUT2D eigenvalue weighted by Gasteiger charge is 2.31. The molecule has 0 spiro atoms. The van der Waals surface area contributed by atoms with Crippen molar-refractivity contribution in [3.63, 3.8) is 0 Å². The van der Waals surface area contributed by atoms with Crippen molar-refractivity contribution in [1.29, 1.82) is 0 Å². The Hall–Kier alpha value is -1.67. The molecule has 1 aromatic carbocycles. The first-order chi connectivity index (χ1) is 10.8. The Morgan fingerprint density at radius 2 is 2.09 bits per heavy atom. The van der Waals surface area contributed by atoms with Gasteiger partial charge in [0, 0.05) is 11.6 Å². The van der Waals surface area contributed by atoms with E-state index in [-0.39, 0.29) is 22.6 Å². The Kier molecular flexibility index (Phi) is 5.26. The normalized spacial score (nSPS) is 21.9. The first kappa shape index (κ1) is 17.7. The van der Waals surface area contributed by atoms with Crippen molar-refractivity contribution < 1.29 is 27.4 Å². The van der Waals surface area contributed by atoms with Crippen LogP contribution in [0.2, 0.25) is 0 Å². The zero-order chi connectivity index (χ0) is 17.2. The number of ether oxygens (including phenoxy) is 1. The maximum atomic E-state index is 14.0. The third-order valence-corrected chi connectivity index (χ3v) is 5.82. The number of carboxylic acid groups (broad SMARTS) is 1. The number of aliphatic carboxylic acids is 1. The fourth-order valence-electron chi connectivity index (χ4n) is 2.90. The maximum absolute atomic E-state index is 14.0. The number of hydrogen-bond donors (Lipinski definition) is 2. The molecule has 6 nitrogen and oxygen atoms in total. The van der Waals surface area contributed by atoms with Gasteiger partial charge in [0.2, 0.25) is 10.0 Å². The number of hydrogen-bond acceptors (Lipinski definition) is 4. The van der Waals surface area contributed by atoms with Crippen molar-refractivity contribution in [3.8, 4) is 5.75 Å². The van der Waals surface area contributed by atoms with Gasteiger partial charge < -0.3 is 9.84 Å². The van der Waals surface area contributed by atoms with Gasteiger partial charge in [0.05, 0.1) is 17.9 Å². The van der Waals surface area contributed by atoms with Gasteiger partial charge >= 0.3 is 5.97 Å². The van der Waals surface area contributed by atoms with Crippen LogP contribution in [0.25, 0.3) is 0 Å². The highest BCUT2D eigenvalue weighted by molar-refractivity contribution is 7.89. The van der Waals surface area contributed by atoms with Crippen molar-refractivity contribution in [1.82, 2.24) is 4.72 Å². The predicted octanol–water partition coefficient (Wildman–Crippen LogP) is 2.06. The van der Waals surface area contributed by atoms with Crippen LogP contribution in [0.15, 0.2) is 17.0 Å². The van der Waals surface area contributed by atoms with Crippen LogP contribution >= 0.6 is 0 Å². The van der Waals surface area contributed by atoms with Gasteiger partial charge in [-0.05, 0) is 38.3 Å². The first-order valence-electron chi connectivity index (χ1n) is 7.34. The second kappa shape index (κ2) is 6.84. The van der Waals surface area contributed by atoms with E-state index >= 15 is 0 Å². The summed E-state index contributed by atoms with van der Waals surface area (Å²) in [5.74, 6) is -2.21. The van der Waals surface area contributed by atoms with Crippen molar-refractivity contribution in [2.45, 2.75) is 43.5 Å². The van der Waals surface area contributed by atoms with Crippen LogP contribution in [-0.4, -0.2) is 32.6 Å². The zero-order valence-corrected chi connectivity index (χ0v) is 13.8. The molecule has 1 saturated carbocycles. The average Bonchev–Trinajstić information content (AvgIpc) is 2.49. The number of methoxy groups -OCH3 is 1. The van der Waals surface area contributed by atoms with E-state index < -0.39 is 33.8 Å². The van der Waals surface area contributed by atoms with Gasteiger partial charge in [-0.2, -0.15) is 0 Å². The Morgan fingerprint density at radius 1 is 1.39 bits per heavy atom. The summed E-state index contributed by atoms with van der Waals surface area (Å²) < 4.78 is 46.3. The third-order valence-electron chi connectivity index (χ3n) is 4.16. The monoisotopic (exact) mass is 345 g/mol. The summed E-state index contributed by atoms with van der Waals surface area (Å²) in [6.45, 7) is 1.37. The minimum atomic E-state index is -3.93. The van der Waals surface area contributed by atoms with E-state index in [1.54, 1.807) is 0 Å². The molecule has 23 heavy (non-hydrogen) atoms. The lowest BCUT2D eigenvalue weighted by Crippen LogP contribution is -2.40. The molecule has 8 heteroatoms. The van der Waals surface area contributed by atoms with Gasteiger partial charge in [0.15, 0.2) is 11.6 Å². The summed E-state index contributed by atoms with van der Waals surface area (Å²) >= 11 is 0. The van der Waals surface area contributed by atoms with Gasteiger partial charge in [-0.1, -0.05) is 6.42 Å². The van der Waals surface area contributed by atoms with Crippen LogP contribution in [0.5, 0.6) is 5.75 Å². The molecule has 0 aliphatic heterocycles. The minimum Gasteiger partial charge on any atom is -0.494 e. The van der Waals surface area contributed by atoms with E-state index in [4.69, 9.17) is 9.84 Å².